The molecule has 0 saturated heterocycles. The monoisotopic (exact) mass is 358 g/mol. The maximum absolute atomic E-state index is 13.7. The van der Waals surface area contributed by atoms with E-state index in [-0.39, 0.29) is 24.8 Å². The van der Waals surface area contributed by atoms with Gasteiger partial charge in [0.1, 0.15) is 11.6 Å². The summed E-state index contributed by atoms with van der Waals surface area (Å²) >= 11 is 0. The molecule has 5 heteroatoms. The molecule has 0 aliphatic carbocycles. The van der Waals surface area contributed by atoms with E-state index in [1.54, 1.807) is 37.3 Å². The zero-order valence-corrected chi connectivity index (χ0v) is 16.2. The Morgan fingerprint density at radius 3 is 2.27 bits per heavy atom. The predicted octanol–water partition coefficient (Wildman–Crippen LogP) is 3.54. The first-order chi connectivity index (χ1) is 12.3. The van der Waals surface area contributed by atoms with Gasteiger partial charge in [0.15, 0.2) is 0 Å². The summed E-state index contributed by atoms with van der Waals surface area (Å²) in [6.45, 7) is 5.23. The number of benzene rings is 2. The van der Waals surface area contributed by atoms with Gasteiger partial charge in [0, 0.05) is 25.7 Å². The molecule has 0 unspecified atom stereocenters. The van der Waals surface area contributed by atoms with Crippen LogP contribution >= 0.6 is 0 Å². The van der Waals surface area contributed by atoms with Crippen LogP contribution in [0.25, 0.3) is 0 Å². The summed E-state index contributed by atoms with van der Waals surface area (Å²) in [7, 11) is 5.28. The molecule has 26 heavy (non-hydrogen) atoms. The number of carbonyl (C=O) groups is 1. The third-order valence-corrected chi connectivity index (χ3v) is 4.37. The van der Waals surface area contributed by atoms with Gasteiger partial charge in [0.2, 0.25) is 5.91 Å². The Kier molecular flexibility index (Phi) is 6.75. The van der Waals surface area contributed by atoms with Gasteiger partial charge in [0.25, 0.3) is 0 Å². The van der Waals surface area contributed by atoms with Crippen LogP contribution in [-0.4, -0.2) is 43.5 Å². The van der Waals surface area contributed by atoms with Gasteiger partial charge in [-0.2, -0.15) is 0 Å². The summed E-state index contributed by atoms with van der Waals surface area (Å²) in [6, 6.07) is 10.7. The Bertz CT molecular complexity index is 753. The van der Waals surface area contributed by atoms with E-state index in [0.29, 0.717) is 12.1 Å². The summed E-state index contributed by atoms with van der Waals surface area (Å²) in [5, 5.41) is 0. The van der Waals surface area contributed by atoms with E-state index < -0.39 is 0 Å². The van der Waals surface area contributed by atoms with Crippen LogP contribution < -0.4 is 4.74 Å². The molecule has 0 spiro atoms. The highest BCUT2D eigenvalue weighted by Gasteiger charge is 2.15. The molecule has 4 nitrogen and oxygen atoms in total. The molecule has 0 bridgehead atoms. The Balaban J connectivity index is 1.95. The number of hydrogen-bond acceptors (Lipinski definition) is 3. The second kappa shape index (κ2) is 8.81. The predicted molar refractivity (Wildman–Crippen MR) is 102 cm³/mol. The van der Waals surface area contributed by atoms with Crippen LogP contribution in [0.1, 0.15) is 22.3 Å². The van der Waals surface area contributed by atoms with Gasteiger partial charge in [-0.3, -0.25) is 9.69 Å². The van der Waals surface area contributed by atoms with E-state index in [1.165, 1.54) is 6.07 Å². The number of halogens is 1. The molecule has 0 N–H and O–H groups in total. The lowest BCUT2D eigenvalue weighted by Crippen LogP contribution is -2.36. The second-order valence-corrected chi connectivity index (χ2v) is 6.78. The topological polar surface area (TPSA) is 32.8 Å². The molecule has 2 rings (SSSR count). The number of ether oxygens (including phenoxy) is 1. The SMILES string of the molecule is COc1c(C)cc(CN(C)CC(=O)N(C)Cc2ccccc2F)cc1C. The van der Waals surface area contributed by atoms with Crippen LogP contribution in [0.2, 0.25) is 0 Å². The maximum atomic E-state index is 13.7. The minimum Gasteiger partial charge on any atom is -0.496 e. The number of carbonyl (C=O) groups excluding carboxylic acids is 1. The number of likely N-dealkylation sites (N-methyl/N-ethyl adjacent to an activating group) is 2. The van der Waals surface area contributed by atoms with E-state index >= 15 is 0 Å². The highest BCUT2D eigenvalue weighted by molar-refractivity contribution is 5.78. The summed E-state index contributed by atoms with van der Waals surface area (Å²) in [5.41, 5.74) is 3.82. The lowest BCUT2D eigenvalue weighted by atomic mass is 10.1. The molecule has 2 aromatic rings. The first-order valence-electron chi connectivity index (χ1n) is 8.61. The quantitative estimate of drug-likeness (QED) is 0.759. The van der Waals surface area contributed by atoms with Gasteiger partial charge in [-0.25, -0.2) is 4.39 Å². The van der Waals surface area contributed by atoms with Crippen molar-refractivity contribution in [3.63, 3.8) is 0 Å². The highest BCUT2D eigenvalue weighted by Crippen LogP contribution is 2.24. The number of aryl methyl sites for hydroxylation is 2. The minimum absolute atomic E-state index is 0.0438. The second-order valence-electron chi connectivity index (χ2n) is 6.78. The first kappa shape index (κ1) is 19.9. The van der Waals surface area contributed by atoms with E-state index in [9.17, 15) is 9.18 Å². The third-order valence-electron chi connectivity index (χ3n) is 4.37. The highest BCUT2D eigenvalue weighted by atomic mass is 19.1. The summed E-state index contributed by atoms with van der Waals surface area (Å²) in [5.74, 6) is 0.569. The van der Waals surface area contributed by atoms with Gasteiger partial charge < -0.3 is 9.64 Å². The van der Waals surface area contributed by atoms with E-state index in [4.69, 9.17) is 4.74 Å². The Morgan fingerprint density at radius 1 is 1.08 bits per heavy atom. The van der Waals surface area contributed by atoms with E-state index in [1.807, 2.05) is 25.8 Å². The van der Waals surface area contributed by atoms with E-state index in [0.717, 1.165) is 22.4 Å². The Hall–Kier alpha value is -2.40. The smallest absolute Gasteiger partial charge is 0.236 e. The maximum Gasteiger partial charge on any atom is 0.236 e. The molecule has 0 saturated carbocycles. The number of nitrogens with zero attached hydrogens (tertiary/aromatic N) is 2. The summed E-state index contributed by atoms with van der Waals surface area (Å²) in [4.78, 5) is 15.9. The number of methoxy groups -OCH3 is 1. The first-order valence-corrected chi connectivity index (χ1v) is 8.61. The van der Waals surface area contributed by atoms with Gasteiger partial charge in [-0.15, -0.1) is 0 Å². The average molecular weight is 358 g/mol. The van der Waals surface area contributed by atoms with Crippen molar-refractivity contribution in [1.29, 1.82) is 0 Å². The summed E-state index contributed by atoms with van der Waals surface area (Å²) in [6.07, 6.45) is 0. The van der Waals surface area contributed by atoms with Crippen molar-refractivity contribution in [3.05, 3.63) is 64.5 Å². The molecule has 2 aromatic carbocycles. The molecule has 0 fully saturated rings. The van der Waals surface area contributed by atoms with Crippen LogP contribution in [0.15, 0.2) is 36.4 Å². The van der Waals surface area contributed by atoms with Crippen molar-refractivity contribution in [1.82, 2.24) is 9.80 Å². The van der Waals surface area contributed by atoms with Crippen molar-refractivity contribution >= 4 is 5.91 Å². The van der Waals surface area contributed by atoms with Gasteiger partial charge in [-0.05, 0) is 43.7 Å². The molecular weight excluding hydrogens is 331 g/mol. The largest absolute Gasteiger partial charge is 0.496 e. The van der Waals surface area contributed by atoms with Crippen LogP contribution in [0.5, 0.6) is 5.75 Å². The number of rotatable bonds is 7. The molecular formula is C21H27FN2O2. The minimum atomic E-state index is -0.287. The lowest BCUT2D eigenvalue weighted by Gasteiger charge is -2.23. The summed E-state index contributed by atoms with van der Waals surface area (Å²) < 4.78 is 19.1. The van der Waals surface area contributed by atoms with Crippen molar-refractivity contribution in [2.75, 3.05) is 27.7 Å². The van der Waals surface area contributed by atoms with Crippen molar-refractivity contribution in [3.8, 4) is 5.75 Å². The lowest BCUT2D eigenvalue weighted by molar-refractivity contribution is -0.131. The molecule has 0 heterocycles. The zero-order valence-electron chi connectivity index (χ0n) is 16.2. The van der Waals surface area contributed by atoms with E-state index in [2.05, 4.69) is 12.1 Å². The normalized spacial score (nSPS) is 10.9. The molecule has 1 amide bonds. The van der Waals surface area contributed by atoms with Crippen molar-refractivity contribution in [2.24, 2.45) is 0 Å². The molecule has 0 aromatic heterocycles. The van der Waals surface area contributed by atoms with Gasteiger partial charge in [0.05, 0.1) is 13.7 Å². The van der Waals surface area contributed by atoms with Crippen molar-refractivity contribution in [2.45, 2.75) is 26.9 Å². The molecule has 0 aliphatic rings. The van der Waals surface area contributed by atoms with Crippen LogP contribution in [0.3, 0.4) is 0 Å². The van der Waals surface area contributed by atoms with Gasteiger partial charge in [-0.1, -0.05) is 30.3 Å². The molecule has 0 aliphatic heterocycles. The van der Waals surface area contributed by atoms with Gasteiger partial charge >= 0.3 is 0 Å². The van der Waals surface area contributed by atoms with Crippen LogP contribution in [0.4, 0.5) is 4.39 Å². The molecule has 0 atom stereocenters. The number of amides is 1. The average Bonchev–Trinajstić information content (AvgIpc) is 2.56. The fourth-order valence-corrected chi connectivity index (χ4v) is 3.14. The molecule has 140 valence electrons. The Labute approximate surface area is 155 Å². The standard InChI is InChI=1S/C21H27FN2O2/c1-15-10-17(11-16(2)21(15)26-5)12-23(3)14-20(25)24(4)13-18-8-6-7-9-19(18)22/h6-11H,12-14H2,1-5H3. The fourth-order valence-electron chi connectivity index (χ4n) is 3.14. The molecule has 0 radical (unpaired) electrons. The van der Waals surface area contributed by atoms with Crippen LogP contribution in [-0.2, 0) is 17.9 Å². The zero-order chi connectivity index (χ0) is 19.3. The third kappa shape index (κ3) is 5.05. The van der Waals surface area contributed by atoms with Crippen LogP contribution in [0, 0.1) is 19.7 Å². The number of hydrogen-bond donors (Lipinski definition) is 0. The fraction of sp³-hybridized carbons (Fsp3) is 0.381. The van der Waals surface area contributed by atoms with Crippen molar-refractivity contribution < 1.29 is 13.9 Å². The Morgan fingerprint density at radius 2 is 1.69 bits per heavy atom.